The second-order valence-electron chi connectivity index (χ2n) is 5.68. The molecule has 1 aliphatic heterocycles. The molecule has 0 bridgehead atoms. The van der Waals surface area contributed by atoms with Crippen molar-refractivity contribution in [2.24, 2.45) is 11.8 Å². The molecule has 2 fully saturated rings. The molecule has 2 unspecified atom stereocenters. The van der Waals surface area contributed by atoms with Crippen LogP contribution in [-0.2, 0) is 0 Å². The number of hydrogen-bond acceptors (Lipinski definition) is 2. The van der Waals surface area contributed by atoms with E-state index in [0.717, 1.165) is 35.1 Å². The molecule has 2 atom stereocenters. The highest BCUT2D eigenvalue weighted by Crippen LogP contribution is 2.39. The number of fused-ring (bicyclic) bond motifs is 1. The highest BCUT2D eigenvalue weighted by Gasteiger charge is 2.35. The van der Waals surface area contributed by atoms with Crippen LogP contribution in [0.1, 0.15) is 36.0 Å². The summed E-state index contributed by atoms with van der Waals surface area (Å²) in [6.07, 6.45) is 5.28. The summed E-state index contributed by atoms with van der Waals surface area (Å²) in [4.78, 5) is 13.7. The number of carbonyl (C=O) groups is 1. The molecule has 3 rings (SSSR count). The molecular weight excluding hydrogens is 306 g/mol. The highest BCUT2D eigenvalue weighted by molar-refractivity contribution is 9.10. The van der Waals surface area contributed by atoms with Gasteiger partial charge in [0.2, 0.25) is 0 Å². The summed E-state index contributed by atoms with van der Waals surface area (Å²) in [7, 11) is 0. The third kappa shape index (κ3) is 2.50. The number of anilines is 1. The number of carboxylic acid groups (broad SMARTS) is 1. The van der Waals surface area contributed by atoms with E-state index in [9.17, 15) is 9.90 Å². The van der Waals surface area contributed by atoms with E-state index < -0.39 is 5.97 Å². The van der Waals surface area contributed by atoms with Gasteiger partial charge in [0, 0.05) is 17.6 Å². The first-order chi connectivity index (χ1) is 9.15. The highest BCUT2D eigenvalue weighted by atomic mass is 79.9. The van der Waals surface area contributed by atoms with E-state index in [0.29, 0.717) is 5.56 Å². The molecule has 19 heavy (non-hydrogen) atoms. The van der Waals surface area contributed by atoms with Gasteiger partial charge in [-0.05, 0) is 42.9 Å². The molecule has 3 nitrogen and oxygen atoms in total. The Morgan fingerprint density at radius 3 is 2.42 bits per heavy atom. The zero-order valence-electron chi connectivity index (χ0n) is 10.8. The lowest BCUT2D eigenvalue weighted by Crippen LogP contribution is -2.22. The normalized spacial score (nSPS) is 26.3. The van der Waals surface area contributed by atoms with Crippen molar-refractivity contribution in [3.8, 4) is 0 Å². The van der Waals surface area contributed by atoms with Gasteiger partial charge in [0.25, 0.3) is 0 Å². The van der Waals surface area contributed by atoms with E-state index in [2.05, 4.69) is 20.8 Å². The van der Waals surface area contributed by atoms with Gasteiger partial charge in [-0.25, -0.2) is 4.79 Å². The number of aromatic carboxylic acids is 1. The fraction of sp³-hybridized carbons (Fsp3) is 0.533. The monoisotopic (exact) mass is 323 g/mol. The van der Waals surface area contributed by atoms with Gasteiger partial charge in [-0.15, -0.1) is 0 Å². The van der Waals surface area contributed by atoms with Crippen molar-refractivity contribution in [1.29, 1.82) is 0 Å². The first-order valence-electron chi connectivity index (χ1n) is 6.93. The fourth-order valence-electron chi connectivity index (χ4n) is 3.56. The lowest BCUT2D eigenvalue weighted by Gasteiger charge is -2.22. The van der Waals surface area contributed by atoms with Crippen LogP contribution in [0.3, 0.4) is 0 Å². The van der Waals surface area contributed by atoms with Crippen molar-refractivity contribution < 1.29 is 9.90 Å². The topological polar surface area (TPSA) is 40.5 Å². The van der Waals surface area contributed by atoms with Crippen molar-refractivity contribution in [3.63, 3.8) is 0 Å². The summed E-state index contributed by atoms with van der Waals surface area (Å²) in [5.41, 5.74) is 1.29. The van der Waals surface area contributed by atoms with E-state index >= 15 is 0 Å². The van der Waals surface area contributed by atoms with Crippen molar-refractivity contribution >= 4 is 27.6 Å². The van der Waals surface area contributed by atoms with Crippen molar-refractivity contribution in [1.82, 2.24) is 0 Å². The maximum absolute atomic E-state index is 11.4. The first-order valence-corrected chi connectivity index (χ1v) is 7.72. The van der Waals surface area contributed by atoms with Crippen molar-refractivity contribution in [2.75, 3.05) is 18.0 Å². The van der Waals surface area contributed by atoms with E-state index in [1.165, 1.54) is 25.7 Å². The van der Waals surface area contributed by atoms with Crippen molar-refractivity contribution in [3.05, 3.63) is 28.2 Å². The molecular formula is C15H18BrNO2. The minimum absolute atomic E-state index is 0.410. The van der Waals surface area contributed by atoms with E-state index in [4.69, 9.17) is 0 Å². The molecule has 1 N–H and O–H groups in total. The lowest BCUT2D eigenvalue weighted by atomic mass is 9.82. The average Bonchev–Trinajstić information content (AvgIpc) is 2.82. The minimum Gasteiger partial charge on any atom is -0.478 e. The molecule has 102 valence electrons. The zero-order chi connectivity index (χ0) is 13.4. The SMILES string of the molecule is O=C(O)c1cc(Br)ccc1N1CC2CCCCC2C1. The number of rotatable bonds is 2. The molecule has 1 aliphatic carbocycles. The molecule has 1 aromatic rings. The Bertz CT molecular complexity index is 489. The second kappa shape index (κ2) is 5.16. The molecule has 0 radical (unpaired) electrons. The van der Waals surface area contributed by atoms with Gasteiger partial charge >= 0.3 is 5.97 Å². The Balaban J connectivity index is 1.88. The summed E-state index contributed by atoms with van der Waals surface area (Å²) in [6, 6.07) is 5.58. The summed E-state index contributed by atoms with van der Waals surface area (Å²) < 4.78 is 0.824. The van der Waals surface area contributed by atoms with Crippen LogP contribution in [0, 0.1) is 11.8 Å². The third-order valence-electron chi connectivity index (χ3n) is 4.51. The Hall–Kier alpha value is -1.03. The number of benzene rings is 1. The van der Waals surface area contributed by atoms with Crippen molar-refractivity contribution in [2.45, 2.75) is 25.7 Å². The van der Waals surface area contributed by atoms with Gasteiger partial charge in [-0.3, -0.25) is 0 Å². The Labute approximate surface area is 121 Å². The Morgan fingerprint density at radius 2 is 1.84 bits per heavy atom. The van der Waals surface area contributed by atoms with Gasteiger partial charge in [0.1, 0.15) is 0 Å². The molecule has 0 aromatic heterocycles. The lowest BCUT2D eigenvalue weighted by molar-refractivity contribution is 0.0697. The van der Waals surface area contributed by atoms with Gasteiger partial charge < -0.3 is 10.0 Å². The quantitative estimate of drug-likeness (QED) is 0.900. The van der Waals surface area contributed by atoms with Crippen LogP contribution in [0.4, 0.5) is 5.69 Å². The average molecular weight is 324 g/mol. The Kier molecular flexibility index (Phi) is 3.52. The summed E-state index contributed by atoms with van der Waals surface area (Å²) in [5, 5.41) is 9.36. The molecule has 2 aliphatic rings. The number of carboxylic acids is 1. The largest absolute Gasteiger partial charge is 0.478 e. The van der Waals surface area contributed by atoms with Gasteiger partial charge in [-0.1, -0.05) is 28.8 Å². The summed E-state index contributed by atoms with van der Waals surface area (Å²) in [5.74, 6) is 0.684. The smallest absolute Gasteiger partial charge is 0.337 e. The summed E-state index contributed by atoms with van der Waals surface area (Å²) >= 11 is 3.35. The van der Waals surface area contributed by atoms with Gasteiger partial charge in [-0.2, -0.15) is 0 Å². The minimum atomic E-state index is -0.842. The zero-order valence-corrected chi connectivity index (χ0v) is 12.4. The van der Waals surface area contributed by atoms with Crippen LogP contribution >= 0.6 is 15.9 Å². The molecule has 1 aromatic carbocycles. The third-order valence-corrected chi connectivity index (χ3v) is 5.00. The summed E-state index contributed by atoms with van der Waals surface area (Å²) in [6.45, 7) is 2.04. The van der Waals surface area contributed by atoms with E-state index in [1.54, 1.807) is 6.07 Å². The predicted molar refractivity (Wildman–Crippen MR) is 78.8 cm³/mol. The molecule has 1 heterocycles. The molecule has 0 amide bonds. The van der Waals surface area contributed by atoms with Gasteiger partial charge in [0.05, 0.1) is 11.3 Å². The standard InChI is InChI=1S/C15H18BrNO2/c16-12-5-6-14(13(7-12)15(18)19)17-8-10-3-1-2-4-11(10)9-17/h5-7,10-11H,1-4,8-9H2,(H,18,19). The van der Waals surface area contributed by atoms with E-state index in [1.807, 2.05) is 12.1 Å². The molecule has 4 heteroatoms. The van der Waals surface area contributed by atoms with Gasteiger partial charge in [0.15, 0.2) is 0 Å². The maximum atomic E-state index is 11.4. The number of hydrogen-bond donors (Lipinski definition) is 1. The Morgan fingerprint density at radius 1 is 1.21 bits per heavy atom. The molecule has 1 saturated carbocycles. The maximum Gasteiger partial charge on any atom is 0.337 e. The molecule has 1 saturated heterocycles. The predicted octanol–water partition coefficient (Wildman–Crippen LogP) is 3.77. The van der Waals surface area contributed by atoms with Crippen LogP contribution in [0.15, 0.2) is 22.7 Å². The van der Waals surface area contributed by atoms with Crippen LogP contribution in [-0.4, -0.2) is 24.2 Å². The second-order valence-corrected chi connectivity index (χ2v) is 6.59. The van der Waals surface area contributed by atoms with Crippen LogP contribution in [0.25, 0.3) is 0 Å². The van der Waals surface area contributed by atoms with Crippen LogP contribution < -0.4 is 4.90 Å². The number of halogens is 1. The number of nitrogens with zero attached hydrogens (tertiary/aromatic N) is 1. The van der Waals surface area contributed by atoms with Crippen LogP contribution in [0.5, 0.6) is 0 Å². The molecule has 0 spiro atoms. The first kappa shape index (κ1) is 13.0. The fourth-order valence-corrected chi connectivity index (χ4v) is 3.92. The van der Waals surface area contributed by atoms with Crippen LogP contribution in [0.2, 0.25) is 0 Å². The van der Waals surface area contributed by atoms with E-state index in [-0.39, 0.29) is 0 Å².